The van der Waals surface area contributed by atoms with Crippen LogP contribution in [-0.4, -0.2) is 5.91 Å². The standard InChI is InChI=1S/C4H7NOS.Li/c1-4(6)5-2-3-7;/h2-3,7H,1H3,(H,5,6);/q;+1/p-1/b3-2-;. The third-order valence-corrected chi connectivity index (χ3v) is 0.491. The summed E-state index contributed by atoms with van der Waals surface area (Å²) in [4.78, 5) is 9.99. The monoisotopic (exact) mass is 123 g/mol. The molecule has 0 spiro atoms. The molecule has 0 saturated carbocycles. The molecule has 0 bridgehead atoms. The van der Waals surface area contributed by atoms with E-state index >= 15 is 0 Å². The van der Waals surface area contributed by atoms with Crippen molar-refractivity contribution in [3.05, 3.63) is 11.6 Å². The van der Waals surface area contributed by atoms with E-state index in [1.54, 1.807) is 0 Å². The Morgan fingerprint density at radius 3 is 2.38 bits per heavy atom. The van der Waals surface area contributed by atoms with E-state index < -0.39 is 0 Å². The van der Waals surface area contributed by atoms with Crippen molar-refractivity contribution in [2.75, 3.05) is 0 Å². The Bertz CT molecular complexity index is 94.0. The molecule has 0 heterocycles. The second-order valence-electron chi connectivity index (χ2n) is 1.00. The van der Waals surface area contributed by atoms with Crippen LogP contribution in [0.25, 0.3) is 0 Å². The maximum absolute atomic E-state index is 9.99. The molecule has 0 atom stereocenters. The number of amides is 1. The van der Waals surface area contributed by atoms with Crippen molar-refractivity contribution < 1.29 is 23.7 Å². The molecule has 0 aliphatic heterocycles. The fraction of sp³-hybridized carbons (Fsp3) is 0.250. The molecule has 2 nitrogen and oxygen atoms in total. The van der Waals surface area contributed by atoms with Crippen molar-refractivity contribution in [3.8, 4) is 0 Å². The van der Waals surface area contributed by atoms with Crippen molar-refractivity contribution >= 4 is 18.5 Å². The SMILES string of the molecule is CC(=O)N/C=C\[S-].[Li+]. The topological polar surface area (TPSA) is 29.1 Å². The molecule has 0 aliphatic rings. The number of carbonyl (C=O) groups is 1. The minimum absolute atomic E-state index is 0. The molecule has 4 heteroatoms. The average Bonchev–Trinajstić information content (AvgIpc) is 1.61. The van der Waals surface area contributed by atoms with E-state index in [0.29, 0.717) is 0 Å². The molecule has 0 saturated heterocycles. The molecular weight excluding hydrogens is 117 g/mol. The van der Waals surface area contributed by atoms with Gasteiger partial charge in [-0.1, -0.05) is 0 Å². The van der Waals surface area contributed by atoms with Gasteiger partial charge in [-0.15, -0.1) is 0 Å². The fourth-order valence-corrected chi connectivity index (χ4v) is 0.219. The van der Waals surface area contributed by atoms with Gasteiger partial charge in [-0.25, -0.2) is 0 Å². The molecule has 1 amide bonds. The van der Waals surface area contributed by atoms with Gasteiger partial charge >= 0.3 is 18.9 Å². The van der Waals surface area contributed by atoms with E-state index in [9.17, 15) is 4.79 Å². The van der Waals surface area contributed by atoms with Gasteiger partial charge < -0.3 is 17.9 Å². The van der Waals surface area contributed by atoms with E-state index in [2.05, 4.69) is 17.9 Å². The second-order valence-corrected chi connectivity index (χ2v) is 1.28. The van der Waals surface area contributed by atoms with Crippen LogP contribution < -0.4 is 24.2 Å². The van der Waals surface area contributed by atoms with Crippen LogP contribution in [-0.2, 0) is 17.4 Å². The summed E-state index contributed by atoms with van der Waals surface area (Å²) in [5.74, 6) is -0.0962. The molecular formula is C4H6LiNOS. The number of rotatable bonds is 1. The predicted octanol–water partition coefficient (Wildman–Crippen LogP) is -2.86. The van der Waals surface area contributed by atoms with E-state index in [-0.39, 0.29) is 24.8 Å². The number of nitrogens with one attached hydrogen (secondary N) is 1. The maximum atomic E-state index is 9.99. The Hall–Kier alpha value is 0.0274. The minimum Gasteiger partial charge on any atom is -0.786 e. The largest absolute Gasteiger partial charge is 1.00 e. The molecule has 0 fully saturated rings. The molecule has 0 aromatic rings. The van der Waals surface area contributed by atoms with E-state index in [4.69, 9.17) is 0 Å². The number of hydrogen-bond donors (Lipinski definition) is 1. The molecule has 1 N–H and O–H groups in total. The first-order valence-corrected chi connectivity index (χ1v) is 2.28. The van der Waals surface area contributed by atoms with Crippen molar-refractivity contribution in [2.24, 2.45) is 0 Å². The van der Waals surface area contributed by atoms with Gasteiger partial charge in [-0.3, -0.25) is 4.79 Å². The Morgan fingerprint density at radius 2 is 2.25 bits per heavy atom. The molecule has 0 aliphatic carbocycles. The third-order valence-electron chi connectivity index (χ3n) is 0.355. The van der Waals surface area contributed by atoms with Gasteiger partial charge in [-0.05, 0) is 6.20 Å². The zero-order valence-corrected chi connectivity index (χ0v) is 5.79. The van der Waals surface area contributed by atoms with Crippen molar-refractivity contribution in [2.45, 2.75) is 6.92 Å². The summed E-state index contributed by atoms with van der Waals surface area (Å²) in [6.07, 6.45) is 1.41. The Morgan fingerprint density at radius 1 is 1.75 bits per heavy atom. The third kappa shape index (κ3) is 9.39. The van der Waals surface area contributed by atoms with Crippen LogP contribution in [0.4, 0.5) is 0 Å². The van der Waals surface area contributed by atoms with Crippen LogP contribution in [0.1, 0.15) is 6.92 Å². The summed E-state index contributed by atoms with van der Waals surface area (Å²) in [6.45, 7) is 1.43. The first kappa shape index (κ1) is 10.9. The molecule has 8 heavy (non-hydrogen) atoms. The van der Waals surface area contributed by atoms with Gasteiger partial charge in [0.1, 0.15) is 0 Å². The predicted molar refractivity (Wildman–Crippen MR) is 30.3 cm³/mol. The molecule has 0 aromatic heterocycles. The van der Waals surface area contributed by atoms with Gasteiger partial charge in [0.25, 0.3) is 0 Å². The van der Waals surface area contributed by atoms with E-state index in [1.807, 2.05) is 0 Å². The van der Waals surface area contributed by atoms with Gasteiger partial charge in [0, 0.05) is 6.92 Å². The average molecular weight is 123 g/mol. The molecule has 0 rings (SSSR count). The quantitative estimate of drug-likeness (QED) is 0.300. The number of hydrogen-bond acceptors (Lipinski definition) is 2. The number of carbonyl (C=O) groups excluding carboxylic acids is 1. The van der Waals surface area contributed by atoms with Crippen LogP contribution >= 0.6 is 0 Å². The summed E-state index contributed by atoms with van der Waals surface area (Å²) in [5.41, 5.74) is 0. The van der Waals surface area contributed by atoms with Crippen molar-refractivity contribution in [1.29, 1.82) is 0 Å². The van der Waals surface area contributed by atoms with Crippen molar-refractivity contribution in [1.82, 2.24) is 5.32 Å². The van der Waals surface area contributed by atoms with Crippen LogP contribution in [0.5, 0.6) is 0 Å². The van der Waals surface area contributed by atoms with Crippen LogP contribution in [0.2, 0.25) is 0 Å². The summed E-state index contributed by atoms with van der Waals surface area (Å²) in [7, 11) is 0. The van der Waals surface area contributed by atoms with Gasteiger partial charge in [-0.2, -0.15) is 5.41 Å². The summed E-state index contributed by atoms with van der Waals surface area (Å²) < 4.78 is 0. The Kier molecular flexibility index (Phi) is 9.59. The zero-order chi connectivity index (χ0) is 5.70. The Labute approximate surface area is 66.3 Å². The molecule has 0 radical (unpaired) electrons. The Balaban J connectivity index is 0. The van der Waals surface area contributed by atoms with Gasteiger partial charge in [0.05, 0.1) is 0 Å². The van der Waals surface area contributed by atoms with E-state index in [1.165, 1.54) is 18.5 Å². The first-order chi connectivity index (χ1) is 3.27. The van der Waals surface area contributed by atoms with Gasteiger partial charge in [0.2, 0.25) is 5.91 Å². The summed E-state index contributed by atoms with van der Waals surface area (Å²) in [5, 5.41) is 3.72. The summed E-state index contributed by atoms with van der Waals surface area (Å²) in [6, 6.07) is 0. The van der Waals surface area contributed by atoms with Crippen LogP contribution in [0.15, 0.2) is 11.6 Å². The second kappa shape index (κ2) is 7.03. The van der Waals surface area contributed by atoms with Gasteiger partial charge in [0.15, 0.2) is 0 Å². The first-order valence-electron chi connectivity index (χ1n) is 1.81. The fourth-order valence-electron chi connectivity index (χ4n) is 0.151. The minimum atomic E-state index is -0.0962. The van der Waals surface area contributed by atoms with Crippen molar-refractivity contribution in [3.63, 3.8) is 0 Å². The molecule has 0 unspecified atom stereocenters. The molecule has 0 aromatic carbocycles. The summed E-state index contributed by atoms with van der Waals surface area (Å²) >= 11 is 4.38. The van der Waals surface area contributed by atoms with Crippen LogP contribution in [0, 0.1) is 0 Å². The molecule has 40 valence electrons. The smallest absolute Gasteiger partial charge is 0.786 e. The zero-order valence-electron chi connectivity index (χ0n) is 4.97. The van der Waals surface area contributed by atoms with Crippen LogP contribution in [0.3, 0.4) is 0 Å². The van der Waals surface area contributed by atoms with E-state index in [0.717, 1.165) is 0 Å². The normalized spacial score (nSPS) is 8.12. The maximum Gasteiger partial charge on any atom is 1.00 e.